The van der Waals surface area contributed by atoms with Crippen molar-refractivity contribution >= 4 is 17.3 Å². The molecule has 7 heteroatoms. The number of carbonyl (C=O) groups excluding carboxylic acids is 1. The zero-order valence-electron chi connectivity index (χ0n) is 7.71. The Labute approximate surface area is 87.0 Å². The number of fused-ring (bicyclic) bond motifs is 1. The molecule has 0 spiro atoms. The number of alkyl halides is 3. The van der Waals surface area contributed by atoms with Gasteiger partial charge in [-0.2, -0.15) is 0 Å². The van der Waals surface area contributed by atoms with Crippen molar-refractivity contribution in [3.8, 4) is 5.75 Å². The summed E-state index contributed by atoms with van der Waals surface area (Å²) in [5.41, 5.74) is 0.393. The van der Waals surface area contributed by atoms with Gasteiger partial charge < -0.3 is 9.72 Å². The van der Waals surface area contributed by atoms with Gasteiger partial charge in [-0.1, -0.05) is 0 Å². The van der Waals surface area contributed by atoms with Gasteiger partial charge in [0.1, 0.15) is 11.3 Å². The summed E-state index contributed by atoms with van der Waals surface area (Å²) >= 11 is 0. The minimum atomic E-state index is -4.83. The fourth-order valence-electron chi connectivity index (χ4n) is 1.34. The van der Waals surface area contributed by atoms with Crippen LogP contribution in [0.25, 0.3) is 11.0 Å². The summed E-state index contributed by atoms with van der Waals surface area (Å²) in [5, 5.41) is 0. The minimum Gasteiger partial charge on any atom is -0.405 e. The second-order valence-electron chi connectivity index (χ2n) is 2.94. The average molecular weight is 230 g/mol. The smallest absolute Gasteiger partial charge is 0.405 e. The van der Waals surface area contributed by atoms with Crippen LogP contribution in [0.3, 0.4) is 0 Å². The molecule has 2 rings (SSSR count). The van der Waals surface area contributed by atoms with Crippen molar-refractivity contribution in [2.45, 2.75) is 6.36 Å². The van der Waals surface area contributed by atoms with Crippen molar-refractivity contribution < 1.29 is 22.7 Å². The first-order chi connectivity index (χ1) is 7.51. The van der Waals surface area contributed by atoms with E-state index in [1.807, 2.05) is 0 Å². The van der Waals surface area contributed by atoms with Crippen LogP contribution in [0, 0.1) is 0 Å². The maximum Gasteiger partial charge on any atom is 0.573 e. The van der Waals surface area contributed by atoms with Gasteiger partial charge in [0.05, 0.1) is 17.4 Å². The van der Waals surface area contributed by atoms with Gasteiger partial charge in [0.25, 0.3) is 0 Å². The van der Waals surface area contributed by atoms with Gasteiger partial charge in [0.2, 0.25) is 0 Å². The van der Waals surface area contributed by atoms with Crippen molar-refractivity contribution in [2.75, 3.05) is 0 Å². The molecule has 16 heavy (non-hydrogen) atoms. The molecule has 0 atom stereocenters. The molecule has 0 bridgehead atoms. The molecule has 0 amide bonds. The maximum absolute atomic E-state index is 12.0. The van der Waals surface area contributed by atoms with E-state index in [1.54, 1.807) is 0 Å². The first-order valence-corrected chi connectivity index (χ1v) is 4.18. The normalized spacial score (nSPS) is 11.7. The van der Waals surface area contributed by atoms with E-state index in [4.69, 9.17) is 0 Å². The monoisotopic (exact) mass is 230 g/mol. The number of nitrogens with one attached hydrogen (secondary N) is 1. The minimum absolute atomic E-state index is 0.150. The van der Waals surface area contributed by atoms with E-state index in [0.29, 0.717) is 5.52 Å². The third-order valence-electron chi connectivity index (χ3n) is 1.93. The molecule has 2 aromatic rings. The van der Waals surface area contributed by atoms with E-state index in [0.717, 1.165) is 6.07 Å². The molecule has 0 saturated carbocycles. The molecule has 0 unspecified atom stereocenters. The molecule has 1 N–H and O–H groups in total. The van der Waals surface area contributed by atoms with E-state index in [-0.39, 0.29) is 17.4 Å². The molecule has 4 nitrogen and oxygen atoms in total. The number of halogens is 3. The second-order valence-corrected chi connectivity index (χ2v) is 2.94. The van der Waals surface area contributed by atoms with Gasteiger partial charge >= 0.3 is 6.36 Å². The number of imidazole rings is 1. The lowest BCUT2D eigenvalue weighted by molar-refractivity contribution is -0.274. The topological polar surface area (TPSA) is 55.0 Å². The highest BCUT2D eigenvalue weighted by Crippen LogP contribution is 2.29. The molecule has 0 fully saturated rings. The van der Waals surface area contributed by atoms with Crippen LogP contribution in [0.1, 0.15) is 10.4 Å². The van der Waals surface area contributed by atoms with Gasteiger partial charge in [-0.25, -0.2) is 4.98 Å². The number of aromatic nitrogens is 2. The van der Waals surface area contributed by atoms with Crippen molar-refractivity contribution in [1.82, 2.24) is 9.97 Å². The Morgan fingerprint density at radius 2 is 2.12 bits per heavy atom. The summed E-state index contributed by atoms with van der Waals surface area (Å²) in [6.07, 6.45) is -3.26. The summed E-state index contributed by atoms with van der Waals surface area (Å²) in [5.74, 6) is -0.554. The second kappa shape index (κ2) is 3.51. The zero-order valence-corrected chi connectivity index (χ0v) is 7.71. The Kier molecular flexibility index (Phi) is 2.30. The van der Waals surface area contributed by atoms with E-state index >= 15 is 0 Å². The Hall–Kier alpha value is -2.05. The van der Waals surface area contributed by atoms with E-state index < -0.39 is 12.1 Å². The number of benzene rings is 1. The molecule has 0 saturated heterocycles. The number of ether oxygens (including phenoxy) is 1. The summed E-state index contributed by atoms with van der Waals surface area (Å²) in [6, 6.07) is 2.42. The lowest BCUT2D eigenvalue weighted by atomic mass is 10.2. The van der Waals surface area contributed by atoms with Crippen LogP contribution in [-0.4, -0.2) is 22.6 Å². The van der Waals surface area contributed by atoms with Gasteiger partial charge in [-0.15, -0.1) is 13.2 Å². The Morgan fingerprint density at radius 3 is 2.75 bits per heavy atom. The third kappa shape index (κ3) is 1.83. The van der Waals surface area contributed by atoms with Crippen LogP contribution in [0.15, 0.2) is 18.5 Å². The number of rotatable bonds is 2. The van der Waals surface area contributed by atoms with Crippen LogP contribution in [0.5, 0.6) is 5.75 Å². The highest BCUT2D eigenvalue weighted by atomic mass is 19.4. The molecule has 1 heterocycles. The summed E-state index contributed by atoms with van der Waals surface area (Å²) in [6.45, 7) is 0. The molecule has 0 aliphatic rings. The molecule has 1 aromatic carbocycles. The van der Waals surface area contributed by atoms with Crippen molar-refractivity contribution in [2.24, 2.45) is 0 Å². The predicted octanol–water partition coefficient (Wildman–Crippen LogP) is 2.27. The van der Waals surface area contributed by atoms with Crippen LogP contribution in [0.2, 0.25) is 0 Å². The Balaban J connectivity index is 2.56. The molecular formula is C9H5F3N2O2. The highest BCUT2D eigenvalue weighted by Gasteiger charge is 2.32. The number of H-pyrrole nitrogens is 1. The fraction of sp³-hybridized carbons (Fsp3) is 0.111. The number of nitrogens with zero attached hydrogens (tertiary/aromatic N) is 1. The number of hydrogen-bond donors (Lipinski definition) is 1. The maximum atomic E-state index is 12.0. The molecule has 0 aliphatic heterocycles. The van der Waals surface area contributed by atoms with Crippen LogP contribution in [-0.2, 0) is 0 Å². The zero-order chi connectivity index (χ0) is 11.8. The fourth-order valence-corrected chi connectivity index (χ4v) is 1.34. The van der Waals surface area contributed by atoms with Gasteiger partial charge in [-0.3, -0.25) is 4.79 Å². The van der Waals surface area contributed by atoms with Gasteiger partial charge in [-0.05, 0) is 12.1 Å². The van der Waals surface area contributed by atoms with Gasteiger partial charge in [0.15, 0.2) is 6.29 Å². The highest BCUT2D eigenvalue weighted by molar-refractivity contribution is 5.97. The molecular weight excluding hydrogens is 225 g/mol. The SMILES string of the molecule is O=Cc1c(OC(F)(F)F)ccc2[nH]cnc12. The van der Waals surface area contributed by atoms with Crippen LogP contribution in [0.4, 0.5) is 13.2 Å². The number of aldehydes is 1. The quantitative estimate of drug-likeness (QED) is 0.805. The van der Waals surface area contributed by atoms with Crippen LogP contribution >= 0.6 is 0 Å². The first-order valence-electron chi connectivity index (χ1n) is 4.18. The average Bonchev–Trinajstić information content (AvgIpc) is 2.62. The first kappa shape index (κ1) is 10.5. The van der Waals surface area contributed by atoms with Crippen molar-refractivity contribution in [3.05, 3.63) is 24.0 Å². The van der Waals surface area contributed by atoms with Gasteiger partial charge in [0, 0.05) is 0 Å². The Morgan fingerprint density at radius 1 is 1.38 bits per heavy atom. The number of carbonyl (C=O) groups is 1. The summed E-state index contributed by atoms with van der Waals surface area (Å²) < 4.78 is 39.8. The van der Waals surface area contributed by atoms with Crippen LogP contribution < -0.4 is 4.74 Å². The molecule has 84 valence electrons. The number of hydrogen-bond acceptors (Lipinski definition) is 3. The summed E-state index contributed by atoms with van der Waals surface area (Å²) in [4.78, 5) is 17.1. The molecule has 1 aromatic heterocycles. The largest absolute Gasteiger partial charge is 0.573 e. The predicted molar refractivity (Wildman–Crippen MR) is 48.2 cm³/mol. The van der Waals surface area contributed by atoms with E-state index in [9.17, 15) is 18.0 Å². The molecule has 0 radical (unpaired) electrons. The standard InChI is InChI=1S/C9H5F3N2O2/c10-9(11,12)16-7-2-1-6-8(5(7)3-15)14-4-13-6/h1-4H,(H,13,14). The van der Waals surface area contributed by atoms with Crippen molar-refractivity contribution in [3.63, 3.8) is 0 Å². The van der Waals surface area contributed by atoms with E-state index in [1.165, 1.54) is 12.4 Å². The lowest BCUT2D eigenvalue weighted by Crippen LogP contribution is -2.18. The summed E-state index contributed by atoms with van der Waals surface area (Å²) in [7, 11) is 0. The van der Waals surface area contributed by atoms with E-state index in [2.05, 4.69) is 14.7 Å². The van der Waals surface area contributed by atoms with Crippen molar-refractivity contribution in [1.29, 1.82) is 0 Å². The lowest BCUT2D eigenvalue weighted by Gasteiger charge is -2.10. The third-order valence-corrected chi connectivity index (χ3v) is 1.93. The Bertz CT molecular complexity index is 533. The molecule has 0 aliphatic carbocycles. The number of aromatic amines is 1.